The average molecular weight is 281 g/mol. The molecule has 0 bridgehead atoms. The molecule has 1 aromatic carbocycles. The highest BCUT2D eigenvalue weighted by atomic mass is 32.1. The fourth-order valence-corrected chi connectivity index (χ4v) is 1.59. The Hall–Kier alpha value is -2.02. The summed E-state index contributed by atoms with van der Waals surface area (Å²) in [6.45, 7) is 2.00. The lowest BCUT2D eigenvalue weighted by atomic mass is 10.2. The van der Waals surface area contributed by atoms with E-state index in [0.717, 1.165) is 12.8 Å². The molecule has 0 unspecified atom stereocenters. The molecule has 0 radical (unpaired) electrons. The lowest BCUT2D eigenvalue weighted by Crippen LogP contribution is -2.33. The normalized spacial score (nSPS) is 9.74. The molecule has 0 spiro atoms. The van der Waals surface area contributed by atoms with Crippen LogP contribution in [0.5, 0.6) is 0 Å². The van der Waals surface area contributed by atoms with Crippen LogP contribution in [0.25, 0.3) is 0 Å². The van der Waals surface area contributed by atoms with Crippen molar-refractivity contribution in [3.8, 4) is 0 Å². The molecule has 1 aromatic rings. The highest BCUT2D eigenvalue weighted by Crippen LogP contribution is 2.15. The predicted octanol–water partition coefficient (Wildman–Crippen LogP) is 2.60. The summed E-state index contributed by atoms with van der Waals surface area (Å²) < 4.78 is 0. The lowest BCUT2D eigenvalue weighted by Gasteiger charge is -2.09. The van der Waals surface area contributed by atoms with Crippen LogP contribution in [0.2, 0.25) is 0 Å². The van der Waals surface area contributed by atoms with E-state index in [9.17, 15) is 14.9 Å². The minimum Gasteiger partial charge on any atom is -0.332 e. The number of nitrogens with one attached hydrogen (secondary N) is 2. The highest BCUT2D eigenvalue weighted by Gasteiger charge is 2.06. The zero-order valence-electron chi connectivity index (χ0n) is 10.5. The van der Waals surface area contributed by atoms with E-state index in [4.69, 9.17) is 12.2 Å². The molecule has 102 valence electrons. The van der Waals surface area contributed by atoms with Gasteiger partial charge in [0.05, 0.1) is 4.92 Å². The van der Waals surface area contributed by atoms with Crippen LogP contribution in [0.15, 0.2) is 24.3 Å². The second-order valence-electron chi connectivity index (χ2n) is 3.91. The van der Waals surface area contributed by atoms with Crippen LogP contribution in [0.1, 0.15) is 26.2 Å². The molecular formula is C12H15N3O3S. The van der Waals surface area contributed by atoms with Crippen molar-refractivity contribution in [2.75, 3.05) is 5.32 Å². The first-order valence-electron chi connectivity index (χ1n) is 5.88. The number of rotatable bonds is 5. The number of nitro groups is 1. The first-order chi connectivity index (χ1) is 9.02. The van der Waals surface area contributed by atoms with E-state index >= 15 is 0 Å². The molecule has 0 aliphatic carbocycles. The van der Waals surface area contributed by atoms with E-state index in [1.165, 1.54) is 24.3 Å². The van der Waals surface area contributed by atoms with Crippen molar-refractivity contribution >= 4 is 34.6 Å². The van der Waals surface area contributed by atoms with Crippen molar-refractivity contribution in [2.45, 2.75) is 26.2 Å². The molecule has 0 atom stereocenters. The van der Waals surface area contributed by atoms with Crippen LogP contribution in [0, 0.1) is 10.1 Å². The van der Waals surface area contributed by atoms with E-state index in [-0.39, 0.29) is 16.7 Å². The topological polar surface area (TPSA) is 84.3 Å². The van der Waals surface area contributed by atoms with Gasteiger partial charge in [-0.15, -0.1) is 0 Å². The Morgan fingerprint density at radius 3 is 2.53 bits per heavy atom. The summed E-state index contributed by atoms with van der Waals surface area (Å²) >= 11 is 4.97. The molecule has 0 heterocycles. The van der Waals surface area contributed by atoms with Crippen LogP contribution >= 0.6 is 12.2 Å². The van der Waals surface area contributed by atoms with E-state index in [2.05, 4.69) is 10.6 Å². The Morgan fingerprint density at radius 1 is 1.37 bits per heavy atom. The van der Waals surface area contributed by atoms with Crippen LogP contribution in [0.3, 0.4) is 0 Å². The molecule has 1 rings (SSSR count). The fourth-order valence-electron chi connectivity index (χ4n) is 1.36. The van der Waals surface area contributed by atoms with Gasteiger partial charge < -0.3 is 10.6 Å². The Kier molecular flexibility index (Phi) is 5.87. The molecule has 0 aliphatic rings. The maximum absolute atomic E-state index is 11.4. The molecule has 0 saturated carbocycles. The third-order valence-electron chi connectivity index (χ3n) is 2.35. The molecule has 0 aromatic heterocycles. The molecular weight excluding hydrogens is 266 g/mol. The van der Waals surface area contributed by atoms with E-state index < -0.39 is 4.92 Å². The van der Waals surface area contributed by atoms with Gasteiger partial charge in [-0.05, 0) is 30.8 Å². The number of anilines is 1. The van der Waals surface area contributed by atoms with Crippen molar-refractivity contribution in [3.63, 3.8) is 0 Å². The molecule has 0 fully saturated rings. The zero-order chi connectivity index (χ0) is 14.3. The Bertz CT molecular complexity index is 474. The van der Waals surface area contributed by atoms with Gasteiger partial charge in [0.2, 0.25) is 5.91 Å². The largest absolute Gasteiger partial charge is 0.332 e. The number of nitrogens with zero attached hydrogens (tertiary/aromatic N) is 1. The molecule has 19 heavy (non-hydrogen) atoms. The standard InChI is InChI=1S/C12H15N3O3S/c1-2-3-4-11(16)14-12(19)13-9-5-7-10(8-6-9)15(17)18/h5-8H,2-4H2,1H3,(H2,13,14,16,19). The predicted molar refractivity (Wildman–Crippen MR) is 77.0 cm³/mol. The first kappa shape index (κ1) is 15.0. The van der Waals surface area contributed by atoms with Crippen molar-refractivity contribution < 1.29 is 9.72 Å². The summed E-state index contributed by atoms with van der Waals surface area (Å²) in [4.78, 5) is 21.4. The Labute approximate surface area is 116 Å². The summed E-state index contributed by atoms with van der Waals surface area (Å²) in [5.41, 5.74) is 0.592. The average Bonchev–Trinajstić information content (AvgIpc) is 2.36. The summed E-state index contributed by atoms with van der Waals surface area (Å²) in [5.74, 6) is -0.138. The van der Waals surface area contributed by atoms with Gasteiger partial charge in [-0.1, -0.05) is 13.3 Å². The van der Waals surface area contributed by atoms with Gasteiger partial charge in [-0.2, -0.15) is 0 Å². The van der Waals surface area contributed by atoms with Gasteiger partial charge in [0.1, 0.15) is 0 Å². The number of thiocarbonyl (C=S) groups is 1. The van der Waals surface area contributed by atoms with Crippen LogP contribution in [-0.4, -0.2) is 15.9 Å². The van der Waals surface area contributed by atoms with E-state index in [1.807, 2.05) is 6.92 Å². The maximum atomic E-state index is 11.4. The van der Waals surface area contributed by atoms with E-state index in [1.54, 1.807) is 0 Å². The van der Waals surface area contributed by atoms with Crippen molar-refractivity contribution in [1.29, 1.82) is 0 Å². The summed E-state index contributed by atoms with van der Waals surface area (Å²) in [5, 5.41) is 16.0. The third kappa shape index (κ3) is 5.43. The number of hydrogen-bond acceptors (Lipinski definition) is 4. The van der Waals surface area contributed by atoms with Gasteiger partial charge in [0, 0.05) is 24.2 Å². The molecule has 2 N–H and O–H groups in total. The number of non-ortho nitro benzene ring substituents is 1. The van der Waals surface area contributed by atoms with Crippen LogP contribution in [-0.2, 0) is 4.79 Å². The molecule has 7 heteroatoms. The Balaban J connectivity index is 2.48. The SMILES string of the molecule is CCCCC(=O)NC(=S)Nc1ccc([N+](=O)[O-])cc1. The number of benzene rings is 1. The number of hydrogen-bond donors (Lipinski definition) is 2. The fraction of sp³-hybridized carbons (Fsp3) is 0.333. The highest BCUT2D eigenvalue weighted by molar-refractivity contribution is 7.80. The summed E-state index contributed by atoms with van der Waals surface area (Å²) in [6, 6.07) is 5.79. The number of carbonyl (C=O) groups excluding carboxylic acids is 1. The molecule has 0 aliphatic heterocycles. The lowest BCUT2D eigenvalue weighted by molar-refractivity contribution is -0.384. The molecule has 1 amide bonds. The van der Waals surface area contributed by atoms with Crippen molar-refractivity contribution in [2.24, 2.45) is 0 Å². The minimum atomic E-state index is -0.478. The second-order valence-corrected chi connectivity index (χ2v) is 4.32. The summed E-state index contributed by atoms with van der Waals surface area (Å²) in [6.07, 6.45) is 2.18. The monoisotopic (exact) mass is 281 g/mol. The first-order valence-corrected chi connectivity index (χ1v) is 6.29. The van der Waals surface area contributed by atoms with Crippen LogP contribution in [0.4, 0.5) is 11.4 Å². The maximum Gasteiger partial charge on any atom is 0.269 e. The van der Waals surface area contributed by atoms with Gasteiger partial charge in [-0.3, -0.25) is 14.9 Å². The van der Waals surface area contributed by atoms with Crippen LogP contribution < -0.4 is 10.6 Å². The smallest absolute Gasteiger partial charge is 0.269 e. The number of unbranched alkanes of at least 4 members (excludes halogenated alkanes) is 1. The van der Waals surface area contributed by atoms with Gasteiger partial charge in [-0.25, -0.2) is 0 Å². The quantitative estimate of drug-likeness (QED) is 0.492. The zero-order valence-corrected chi connectivity index (χ0v) is 11.3. The third-order valence-corrected chi connectivity index (χ3v) is 2.55. The number of carbonyl (C=O) groups is 1. The number of amides is 1. The Morgan fingerprint density at radius 2 is 2.00 bits per heavy atom. The molecule has 6 nitrogen and oxygen atoms in total. The van der Waals surface area contributed by atoms with Crippen molar-refractivity contribution in [1.82, 2.24) is 5.32 Å². The summed E-state index contributed by atoms with van der Waals surface area (Å²) in [7, 11) is 0. The van der Waals surface area contributed by atoms with Crippen molar-refractivity contribution in [3.05, 3.63) is 34.4 Å². The second kappa shape index (κ2) is 7.42. The van der Waals surface area contributed by atoms with E-state index in [0.29, 0.717) is 12.1 Å². The van der Waals surface area contributed by atoms with Gasteiger partial charge in [0.25, 0.3) is 5.69 Å². The minimum absolute atomic E-state index is 0.00319. The van der Waals surface area contributed by atoms with Gasteiger partial charge in [0.15, 0.2) is 5.11 Å². The van der Waals surface area contributed by atoms with Gasteiger partial charge >= 0.3 is 0 Å². The molecule has 0 saturated heterocycles. The number of nitro benzene ring substituents is 1.